The summed E-state index contributed by atoms with van der Waals surface area (Å²) in [6.07, 6.45) is 7.23. The van der Waals surface area contributed by atoms with Gasteiger partial charge in [-0.2, -0.15) is 0 Å². The van der Waals surface area contributed by atoms with Gasteiger partial charge in [-0.3, -0.25) is 24.4 Å². The second kappa shape index (κ2) is 15.8. The van der Waals surface area contributed by atoms with Crippen molar-refractivity contribution in [1.82, 2.24) is 34.3 Å². The first-order valence-electron chi connectivity index (χ1n) is 21.0. The van der Waals surface area contributed by atoms with E-state index < -0.39 is 23.6 Å². The number of anilines is 3. The fourth-order valence-corrected chi connectivity index (χ4v) is 10.6. The van der Waals surface area contributed by atoms with Crippen molar-refractivity contribution in [2.24, 2.45) is 17.9 Å². The molecule has 1 saturated heterocycles. The van der Waals surface area contributed by atoms with Crippen LogP contribution in [0.5, 0.6) is 0 Å². The van der Waals surface area contributed by atoms with Gasteiger partial charge in [-0.25, -0.2) is 23.7 Å². The van der Waals surface area contributed by atoms with E-state index in [2.05, 4.69) is 42.3 Å². The topological polar surface area (TPSA) is 141 Å². The number of hydrogen-bond donors (Lipinski definition) is 3. The lowest BCUT2D eigenvalue weighted by Crippen LogP contribution is -2.34. The molecule has 15 heteroatoms. The molecule has 2 aliphatic heterocycles. The van der Waals surface area contributed by atoms with Crippen LogP contribution >= 0.6 is 11.6 Å². The Morgan fingerprint density at radius 3 is 2.52 bits per heavy atom. The predicted molar refractivity (Wildman–Crippen MR) is 227 cm³/mol. The number of carbonyl (C=O) groups is 2. The molecule has 1 unspecified atom stereocenters. The Morgan fingerprint density at radius 2 is 1.80 bits per heavy atom. The normalized spacial score (nSPS) is 22.8. The number of benzene rings is 2. The maximum Gasteiger partial charge on any atom is 0.309 e. The van der Waals surface area contributed by atoms with Crippen molar-refractivity contribution in [2.45, 2.75) is 97.2 Å². The number of fused-ring (bicyclic) bond motifs is 4. The van der Waals surface area contributed by atoms with Crippen molar-refractivity contribution in [3.63, 3.8) is 0 Å². The summed E-state index contributed by atoms with van der Waals surface area (Å²) in [6.45, 7) is 8.14. The highest BCUT2D eigenvalue weighted by molar-refractivity contribution is 6.36. The maximum atomic E-state index is 14.1. The van der Waals surface area contributed by atoms with Crippen molar-refractivity contribution >= 4 is 51.7 Å². The summed E-state index contributed by atoms with van der Waals surface area (Å²) in [5, 5.41) is 16.5. The van der Waals surface area contributed by atoms with E-state index in [-0.39, 0.29) is 17.1 Å². The Balaban J connectivity index is 0.910. The molecule has 0 radical (unpaired) electrons. The van der Waals surface area contributed by atoms with Gasteiger partial charge < -0.3 is 20.3 Å². The van der Waals surface area contributed by atoms with E-state index in [0.29, 0.717) is 58.0 Å². The van der Waals surface area contributed by atoms with Gasteiger partial charge in [0.15, 0.2) is 17.5 Å². The lowest BCUT2D eigenvalue weighted by Gasteiger charge is -2.32. The zero-order valence-corrected chi connectivity index (χ0v) is 35.0. The molecule has 9 rings (SSSR count). The number of aliphatic carboxylic acids is 1. The second-order valence-corrected chi connectivity index (χ2v) is 17.9. The summed E-state index contributed by atoms with van der Waals surface area (Å²) in [6, 6.07) is 13.3. The molecule has 2 bridgehead atoms. The van der Waals surface area contributed by atoms with Crippen LogP contribution in [0.1, 0.15) is 104 Å². The van der Waals surface area contributed by atoms with Crippen LogP contribution in [0.3, 0.4) is 0 Å². The molecular weight excluding hydrogens is 788 g/mol. The summed E-state index contributed by atoms with van der Waals surface area (Å²) in [5.74, 6) is -1.10. The molecular formula is C45H50ClF2N9O3. The maximum absolute atomic E-state index is 14.1. The molecule has 12 nitrogen and oxygen atoms in total. The molecule has 60 heavy (non-hydrogen) atoms. The van der Waals surface area contributed by atoms with Crippen LogP contribution in [0, 0.1) is 17.8 Å². The second-order valence-electron chi connectivity index (χ2n) is 17.6. The number of carbonyl (C=O) groups excluding carboxylic acids is 1. The molecule has 5 heterocycles. The van der Waals surface area contributed by atoms with Crippen molar-refractivity contribution in [3.05, 3.63) is 87.8 Å². The molecule has 5 aromatic rings. The highest BCUT2D eigenvalue weighted by atomic mass is 35.5. The molecule has 2 aromatic carbocycles. The van der Waals surface area contributed by atoms with E-state index in [0.717, 1.165) is 105 Å². The number of carboxylic acids is 1. The number of carboxylic acid groups (broad SMARTS) is 1. The highest BCUT2D eigenvalue weighted by Crippen LogP contribution is 2.63. The summed E-state index contributed by atoms with van der Waals surface area (Å²) in [5.41, 5.74) is 6.46. The summed E-state index contributed by atoms with van der Waals surface area (Å²) < 4.78 is 30.1. The van der Waals surface area contributed by atoms with Crippen molar-refractivity contribution < 1.29 is 23.5 Å². The van der Waals surface area contributed by atoms with Crippen molar-refractivity contribution in [2.75, 3.05) is 30.3 Å². The minimum atomic E-state index is -2.87. The Labute approximate surface area is 352 Å². The first kappa shape index (κ1) is 40.4. The van der Waals surface area contributed by atoms with Gasteiger partial charge in [0, 0.05) is 62.3 Å². The molecule has 4 aliphatic rings. The third-order valence-corrected chi connectivity index (χ3v) is 14.3. The number of alkyl halides is 2. The van der Waals surface area contributed by atoms with Crippen LogP contribution in [-0.4, -0.2) is 77.0 Å². The standard InChI is InChI=1S/C45H50ClF2N9O3/c1-26-7-6-18-57(26)23-28-21-33-37(49-22-28)39(54-40(51-33)38(47)48)50-31-10-4-8-29(27(31)2)30-9-5-11-32(36(30)46)53-42(58)41-52-34-24-56(19-12-35(34)55(41)3)20-17-44-13-15-45(25-44,16-14-44)43(59)60/h4-5,8-11,21-22,26,38H,6-7,12-20,23-25H2,1-3H3,(H,53,58)(H,59,60)(H,50,51,54). The van der Waals surface area contributed by atoms with Crippen molar-refractivity contribution in [1.29, 1.82) is 0 Å². The summed E-state index contributed by atoms with van der Waals surface area (Å²) in [7, 11) is 1.87. The molecule has 0 spiro atoms. The van der Waals surface area contributed by atoms with E-state index in [1.807, 2.05) is 54.9 Å². The Hall–Kier alpha value is -5.05. The lowest BCUT2D eigenvalue weighted by atomic mass is 9.80. The SMILES string of the molecule is Cc1c(Nc2nc(C(F)F)nc3cc(CN4CCCC4C)cnc23)cccc1-c1cccc(NC(=O)c2nc3c(n2C)CCN(CCC24CCC(C(=O)O)(CC2)C4)C3)c1Cl. The van der Waals surface area contributed by atoms with Crippen LogP contribution in [-0.2, 0) is 31.4 Å². The van der Waals surface area contributed by atoms with Gasteiger partial charge in [-0.1, -0.05) is 35.9 Å². The monoisotopic (exact) mass is 837 g/mol. The molecule has 2 aliphatic carbocycles. The van der Waals surface area contributed by atoms with Gasteiger partial charge in [-0.15, -0.1) is 0 Å². The van der Waals surface area contributed by atoms with Gasteiger partial charge in [0.1, 0.15) is 5.52 Å². The van der Waals surface area contributed by atoms with E-state index in [1.165, 1.54) is 0 Å². The summed E-state index contributed by atoms with van der Waals surface area (Å²) in [4.78, 5) is 48.4. The van der Waals surface area contributed by atoms with E-state index in [1.54, 1.807) is 12.3 Å². The van der Waals surface area contributed by atoms with Gasteiger partial charge in [0.2, 0.25) is 0 Å². The zero-order valence-electron chi connectivity index (χ0n) is 34.2. The van der Waals surface area contributed by atoms with E-state index >= 15 is 0 Å². The number of hydrogen-bond acceptors (Lipinski definition) is 9. The quantitative estimate of drug-likeness (QED) is 0.111. The molecule has 3 aromatic heterocycles. The number of nitrogens with zero attached hydrogens (tertiary/aromatic N) is 7. The average Bonchev–Trinajstić information content (AvgIpc) is 4.01. The van der Waals surface area contributed by atoms with E-state index in [4.69, 9.17) is 16.6 Å². The average molecular weight is 838 g/mol. The van der Waals surface area contributed by atoms with E-state index in [9.17, 15) is 23.5 Å². The first-order chi connectivity index (χ1) is 28.8. The van der Waals surface area contributed by atoms with Gasteiger partial charge in [0.05, 0.1) is 27.3 Å². The van der Waals surface area contributed by atoms with Gasteiger partial charge >= 0.3 is 5.97 Å². The molecule has 314 valence electrons. The number of pyridine rings is 1. The van der Waals surface area contributed by atoms with Crippen LogP contribution in [0.15, 0.2) is 48.7 Å². The zero-order chi connectivity index (χ0) is 41.9. The number of amides is 1. The van der Waals surface area contributed by atoms with Crippen molar-refractivity contribution in [3.8, 4) is 11.1 Å². The van der Waals surface area contributed by atoms with Crippen LogP contribution < -0.4 is 10.6 Å². The van der Waals surface area contributed by atoms with Gasteiger partial charge in [0.25, 0.3) is 12.3 Å². The van der Waals surface area contributed by atoms with Crippen LogP contribution in [0.4, 0.5) is 26.0 Å². The molecule has 3 N–H and O–H groups in total. The third kappa shape index (κ3) is 7.40. The largest absolute Gasteiger partial charge is 0.481 e. The number of halogens is 3. The number of rotatable bonds is 12. The molecule has 1 amide bonds. The Morgan fingerprint density at radius 1 is 1.03 bits per heavy atom. The smallest absolute Gasteiger partial charge is 0.309 e. The van der Waals surface area contributed by atoms with Crippen LogP contribution in [0.2, 0.25) is 5.02 Å². The summed E-state index contributed by atoms with van der Waals surface area (Å²) >= 11 is 7.06. The molecule has 1 atom stereocenters. The third-order valence-electron chi connectivity index (χ3n) is 13.9. The first-order valence-corrected chi connectivity index (χ1v) is 21.4. The lowest BCUT2D eigenvalue weighted by molar-refractivity contribution is -0.148. The fraction of sp³-hybridized carbons (Fsp3) is 0.467. The minimum Gasteiger partial charge on any atom is -0.481 e. The number of imidazole rings is 1. The number of aromatic nitrogens is 5. The Kier molecular flexibility index (Phi) is 10.6. The number of nitrogens with one attached hydrogen (secondary N) is 2. The molecule has 3 fully saturated rings. The fourth-order valence-electron chi connectivity index (χ4n) is 10.3. The van der Waals surface area contributed by atoms with Gasteiger partial charge in [-0.05, 0) is 119 Å². The number of likely N-dealkylation sites (tertiary alicyclic amines) is 1. The Bertz CT molecular complexity index is 2500. The highest BCUT2D eigenvalue weighted by Gasteiger charge is 2.57. The minimum absolute atomic E-state index is 0.123. The predicted octanol–water partition coefficient (Wildman–Crippen LogP) is 9.09. The van der Waals surface area contributed by atoms with Crippen LogP contribution in [0.25, 0.3) is 22.2 Å². The molecule has 2 saturated carbocycles.